The second-order valence-electron chi connectivity index (χ2n) is 6.45. The molecule has 5 nitrogen and oxygen atoms in total. The largest absolute Gasteiger partial charge is 0.497 e. The predicted molar refractivity (Wildman–Crippen MR) is 114 cm³/mol. The van der Waals surface area contributed by atoms with Crippen LogP contribution < -0.4 is 9.47 Å². The highest BCUT2D eigenvalue weighted by Gasteiger charge is 2.13. The highest BCUT2D eigenvalue weighted by atomic mass is 32.2. The van der Waals surface area contributed by atoms with Crippen LogP contribution in [0.1, 0.15) is 11.1 Å². The predicted octanol–water partition coefficient (Wildman–Crippen LogP) is 4.93. The number of methoxy groups -OCH3 is 1. The van der Waals surface area contributed by atoms with Gasteiger partial charge in [-0.1, -0.05) is 23.9 Å². The van der Waals surface area contributed by atoms with Crippen LogP contribution in [-0.4, -0.2) is 34.2 Å². The van der Waals surface area contributed by atoms with E-state index in [-0.39, 0.29) is 0 Å². The Hall–Kier alpha value is -2.73. The zero-order valence-electron chi connectivity index (χ0n) is 16.5. The Bertz CT molecular complexity index is 915. The maximum absolute atomic E-state index is 5.89. The molecular formula is C22H25N3O2S. The van der Waals surface area contributed by atoms with Crippen LogP contribution >= 0.6 is 11.8 Å². The molecule has 0 bridgehead atoms. The van der Waals surface area contributed by atoms with E-state index in [0.717, 1.165) is 33.8 Å². The molecule has 0 aliphatic rings. The standard InChI is InChI=1S/C22H25N3O2S/c1-5-10-25-21(18-6-8-19(26-4)9-7-18)23-24-22(25)28-12-11-27-20-14-16(2)13-17(3)15-20/h5-9,13-15H,1,10-12H2,2-4H3. The van der Waals surface area contributed by atoms with Crippen molar-refractivity contribution >= 4 is 11.8 Å². The van der Waals surface area contributed by atoms with Crippen LogP contribution in [0.15, 0.2) is 60.3 Å². The third kappa shape index (κ3) is 4.95. The lowest BCUT2D eigenvalue weighted by molar-refractivity contribution is 0.343. The SMILES string of the molecule is C=CCn1c(SCCOc2cc(C)cc(C)c2)nnc1-c1ccc(OC)cc1. The molecule has 0 N–H and O–H groups in total. The van der Waals surface area contributed by atoms with E-state index in [1.165, 1.54) is 11.1 Å². The first-order valence-corrected chi connectivity index (χ1v) is 10.1. The zero-order chi connectivity index (χ0) is 19.9. The van der Waals surface area contributed by atoms with Gasteiger partial charge < -0.3 is 9.47 Å². The van der Waals surface area contributed by atoms with Gasteiger partial charge in [-0.15, -0.1) is 16.8 Å². The van der Waals surface area contributed by atoms with Crippen LogP contribution in [0.3, 0.4) is 0 Å². The van der Waals surface area contributed by atoms with E-state index >= 15 is 0 Å². The average Bonchev–Trinajstić information content (AvgIpc) is 3.07. The van der Waals surface area contributed by atoms with Gasteiger partial charge in [0.15, 0.2) is 11.0 Å². The number of allylic oxidation sites excluding steroid dienone is 1. The van der Waals surface area contributed by atoms with E-state index in [1.807, 2.05) is 30.3 Å². The lowest BCUT2D eigenvalue weighted by Crippen LogP contribution is -2.04. The second-order valence-corrected chi connectivity index (χ2v) is 7.52. The minimum Gasteiger partial charge on any atom is -0.497 e. The van der Waals surface area contributed by atoms with Gasteiger partial charge in [0, 0.05) is 17.9 Å². The molecule has 0 fully saturated rings. The Labute approximate surface area is 170 Å². The minimum atomic E-state index is 0.604. The Kier molecular flexibility index (Phi) is 6.76. The normalized spacial score (nSPS) is 10.7. The molecule has 146 valence electrons. The molecule has 1 aromatic heterocycles. The molecule has 1 heterocycles. The quantitative estimate of drug-likeness (QED) is 0.292. The van der Waals surface area contributed by atoms with Gasteiger partial charge in [0.25, 0.3) is 0 Å². The van der Waals surface area contributed by atoms with Crippen molar-refractivity contribution in [2.75, 3.05) is 19.5 Å². The first-order valence-electron chi connectivity index (χ1n) is 9.13. The van der Waals surface area contributed by atoms with Gasteiger partial charge in [-0.05, 0) is 61.4 Å². The van der Waals surface area contributed by atoms with E-state index in [4.69, 9.17) is 9.47 Å². The summed E-state index contributed by atoms with van der Waals surface area (Å²) < 4.78 is 13.2. The lowest BCUT2D eigenvalue weighted by atomic mass is 10.1. The molecule has 0 saturated carbocycles. The Morgan fingerprint density at radius 1 is 1.04 bits per heavy atom. The number of ether oxygens (including phenoxy) is 2. The summed E-state index contributed by atoms with van der Waals surface area (Å²) in [5.41, 5.74) is 3.41. The molecule has 0 spiro atoms. The van der Waals surface area contributed by atoms with E-state index in [0.29, 0.717) is 13.2 Å². The van der Waals surface area contributed by atoms with E-state index in [2.05, 4.69) is 53.4 Å². The number of hydrogen-bond donors (Lipinski definition) is 0. The number of thioether (sulfide) groups is 1. The molecule has 0 saturated heterocycles. The molecule has 0 aliphatic carbocycles. The summed E-state index contributed by atoms with van der Waals surface area (Å²) in [6, 6.07) is 14.1. The first kappa shape index (κ1) is 20.0. The van der Waals surface area contributed by atoms with Crippen molar-refractivity contribution in [2.45, 2.75) is 25.5 Å². The molecule has 0 amide bonds. The maximum atomic E-state index is 5.89. The summed E-state index contributed by atoms with van der Waals surface area (Å²) >= 11 is 1.63. The van der Waals surface area contributed by atoms with E-state index in [1.54, 1.807) is 18.9 Å². The highest BCUT2D eigenvalue weighted by Crippen LogP contribution is 2.26. The van der Waals surface area contributed by atoms with Crippen LogP contribution in [-0.2, 0) is 6.54 Å². The molecule has 0 aliphatic heterocycles. The Morgan fingerprint density at radius 2 is 1.75 bits per heavy atom. The van der Waals surface area contributed by atoms with Crippen molar-refractivity contribution in [3.05, 3.63) is 66.2 Å². The van der Waals surface area contributed by atoms with Crippen LogP contribution in [0.2, 0.25) is 0 Å². The van der Waals surface area contributed by atoms with Crippen molar-refractivity contribution in [1.82, 2.24) is 14.8 Å². The van der Waals surface area contributed by atoms with Crippen LogP contribution in [0.5, 0.6) is 11.5 Å². The lowest BCUT2D eigenvalue weighted by Gasteiger charge is -2.10. The molecule has 0 atom stereocenters. The molecule has 2 aromatic carbocycles. The molecule has 28 heavy (non-hydrogen) atoms. The van der Waals surface area contributed by atoms with Crippen molar-refractivity contribution < 1.29 is 9.47 Å². The third-order valence-electron chi connectivity index (χ3n) is 4.16. The van der Waals surface area contributed by atoms with Crippen LogP contribution in [0.4, 0.5) is 0 Å². The van der Waals surface area contributed by atoms with Gasteiger partial charge in [0.2, 0.25) is 0 Å². The first-order chi connectivity index (χ1) is 13.6. The number of aryl methyl sites for hydroxylation is 2. The monoisotopic (exact) mass is 395 g/mol. The Balaban J connectivity index is 1.66. The summed E-state index contributed by atoms with van der Waals surface area (Å²) in [5.74, 6) is 3.33. The molecule has 3 aromatic rings. The fourth-order valence-electron chi connectivity index (χ4n) is 2.95. The molecule has 3 rings (SSSR count). The summed E-state index contributed by atoms with van der Waals surface area (Å²) in [4.78, 5) is 0. The summed E-state index contributed by atoms with van der Waals surface area (Å²) in [7, 11) is 1.66. The average molecular weight is 396 g/mol. The number of benzene rings is 2. The van der Waals surface area contributed by atoms with Gasteiger partial charge in [-0.2, -0.15) is 0 Å². The van der Waals surface area contributed by atoms with Crippen LogP contribution in [0.25, 0.3) is 11.4 Å². The van der Waals surface area contributed by atoms with Crippen molar-refractivity contribution in [3.8, 4) is 22.9 Å². The summed E-state index contributed by atoms with van der Waals surface area (Å²) in [6.45, 7) is 9.26. The van der Waals surface area contributed by atoms with E-state index < -0.39 is 0 Å². The number of aromatic nitrogens is 3. The van der Waals surface area contributed by atoms with Gasteiger partial charge in [0.05, 0.1) is 13.7 Å². The maximum Gasteiger partial charge on any atom is 0.191 e. The zero-order valence-corrected chi connectivity index (χ0v) is 17.3. The Morgan fingerprint density at radius 3 is 2.39 bits per heavy atom. The molecular weight excluding hydrogens is 370 g/mol. The van der Waals surface area contributed by atoms with Gasteiger partial charge in [-0.3, -0.25) is 4.57 Å². The summed E-state index contributed by atoms with van der Waals surface area (Å²) in [6.07, 6.45) is 1.85. The number of nitrogens with zero attached hydrogens (tertiary/aromatic N) is 3. The topological polar surface area (TPSA) is 49.2 Å². The molecule has 0 radical (unpaired) electrons. The molecule has 6 heteroatoms. The third-order valence-corrected chi connectivity index (χ3v) is 5.09. The smallest absolute Gasteiger partial charge is 0.191 e. The number of rotatable bonds is 9. The summed E-state index contributed by atoms with van der Waals surface area (Å²) in [5, 5.41) is 9.61. The highest BCUT2D eigenvalue weighted by molar-refractivity contribution is 7.99. The van der Waals surface area contributed by atoms with Crippen molar-refractivity contribution in [1.29, 1.82) is 0 Å². The van der Waals surface area contributed by atoms with Gasteiger partial charge >= 0.3 is 0 Å². The minimum absolute atomic E-state index is 0.604. The second kappa shape index (κ2) is 9.46. The molecule has 0 unspecified atom stereocenters. The number of hydrogen-bond acceptors (Lipinski definition) is 5. The van der Waals surface area contributed by atoms with Crippen molar-refractivity contribution in [2.24, 2.45) is 0 Å². The van der Waals surface area contributed by atoms with E-state index in [9.17, 15) is 0 Å². The van der Waals surface area contributed by atoms with Gasteiger partial charge in [0.1, 0.15) is 11.5 Å². The fraction of sp³-hybridized carbons (Fsp3) is 0.273. The van der Waals surface area contributed by atoms with Crippen LogP contribution in [0, 0.1) is 13.8 Å². The van der Waals surface area contributed by atoms with Crippen molar-refractivity contribution in [3.63, 3.8) is 0 Å². The van der Waals surface area contributed by atoms with Gasteiger partial charge in [-0.25, -0.2) is 0 Å². The fourth-order valence-corrected chi connectivity index (χ4v) is 3.72.